The van der Waals surface area contributed by atoms with Gasteiger partial charge < -0.3 is 0 Å². The summed E-state index contributed by atoms with van der Waals surface area (Å²) in [4.78, 5) is 18.8. The zero-order chi connectivity index (χ0) is 10.9. The third-order valence-electron chi connectivity index (χ3n) is 1.65. The standard InChI is InChI=1S/C7H5FN2O4/c1-4-2-6(9(11)12)7(10(13)14)3-5(4)8/h2-3H,1H3. The maximum Gasteiger partial charge on any atom is 0.348 e. The average Bonchev–Trinajstić information content (AvgIpc) is 2.08. The van der Waals surface area contributed by atoms with E-state index in [1.807, 2.05) is 0 Å². The van der Waals surface area contributed by atoms with E-state index in [0.717, 1.165) is 6.07 Å². The van der Waals surface area contributed by atoms with E-state index < -0.39 is 27.0 Å². The van der Waals surface area contributed by atoms with Crippen LogP contribution in [0.3, 0.4) is 0 Å². The van der Waals surface area contributed by atoms with Crippen molar-refractivity contribution < 1.29 is 14.2 Å². The summed E-state index contributed by atoms with van der Waals surface area (Å²) in [6.07, 6.45) is 0. The van der Waals surface area contributed by atoms with Crippen LogP contribution in [0.25, 0.3) is 0 Å². The van der Waals surface area contributed by atoms with E-state index in [1.54, 1.807) is 0 Å². The summed E-state index contributed by atoms with van der Waals surface area (Å²) in [6.45, 7) is 1.30. The minimum Gasteiger partial charge on any atom is -0.258 e. The molecule has 0 N–H and O–H groups in total. The Morgan fingerprint density at radius 2 is 1.57 bits per heavy atom. The average molecular weight is 200 g/mol. The number of rotatable bonds is 2. The molecule has 14 heavy (non-hydrogen) atoms. The molecule has 0 aliphatic rings. The lowest BCUT2D eigenvalue weighted by molar-refractivity contribution is -0.422. The Morgan fingerprint density at radius 1 is 1.14 bits per heavy atom. The normalized spacial score (nSPS) is 9.86. The Balaban J connectivity index is 3.46. The lowest BCUT2D eigenvalue weighted by atomic mass is 10.2. The lowest BCUT2D eigenvalue weighted by Gasteiger charge is -1.97. The molecule has 0 bridgehead atoms. The third-order valence-corrected chi connectivity index (χ3v) is 1.65. The highest BCUT2D eigenvalue weighted by Gasteiger charge is 2.25. The Morgan fingerprint density at radius 3 is 2.00 bits per heavy atom. The number of hydrogen-bond donors (Lipinski definition) is 0. The summed E-state index contributed by atoms with van der Waals surface area (Å²) in [7, 11) is 0. The summed E-state index contributed by atoms with van der Waals surface area (Å²) in [5, 5.41) is 20.7. The van der Waals surface area contributed by atoms with Crippen LogP contribution < -0.4 is 0 Å². The zero-order valence-electron chi connectivity index (χ0n) is 7.06. The van der Waals surface area contributed by atoms with E-state index >= 15 is 0 Å². The molecular formula is C7H5FN2O4. The molecule has 0 fully saturated rings. The van der Waals surface area contributed by atoms with E-state index in [2.05, 4.69) is 0 Å². The van der Waals surface area contributed by atoms with Crippen molar-refractivity contribution in [3.05, 3.63) is 43.7 Å². The number of halogens is 1. The van der Waals surface area contributed by atoms with Crippen molar-refractivity contribution in [2.45, 2.75) is 6.92 Å². The molecule has 0 unspecified atom stereocenters. The second kappa shape index (κ2) is 3.36. The Kier molecular flexibility index (Phi) is 2.41. The van der Waals surface area contributed by atoms with Crippen LogP contribution in [0.5, 0.6) is 0 Å². The molecule has 0 spiro atoms. The second-order valence-corrected chi connectivity index (χ2v) is 2.60. The number of nitro groups is 2. The van der Waals surface area contributed by atoms with Gasteiger partial charge in [-0.15, -0.1) is 0 Å². The van der Waals surface area contributed by atoms with Gasteiger partial charge in [-0.25, -0.2) is 4.39 Å². The Labute approximate surface area is 77.3 Å². The van der Waals surface area contributed by atoms with Crippen LogP contribution in [-0.2, 0) is 0 Å². The highest BCUT2D eigenvalue weighted by Crippen LogP contribution is 2.28. The van der Waals surface area contributed by atoms with Crippen molar-refractivity contribution in [2.75, 3.05) is 0 Å². The summed E-state index contributed by atoms with van der Waals surface area (Å²) >= 11 is 0. The summed E-state index contributed by atoms with van der Waals surface area (Å²) in [5.41, 5.74) is -1.53. The zero-order valence-corrected chi connectivity index (χ0v) is 7.06. The van der Waals surface area contributed by atoms with E-state index in [9.17, 15) is 24.6 Å². The van der Waals surface area contributed by atoms with Crippen LogP contribution in [0.1, 0.15) is 5.56 Å². The lowest BCUT2D eigenvalue weighted by Crippen LogP contribution is -1.98. The molecule has 0 aromatic heterocycles. The van der Waals surface area contributed by atoms with Gasteiger partial charge in [-0.3, -0.25) is 20.2 Å². The van der Waals surface area contributed by atoms with Crippen molar-refractivity contribution >= 4 is 11.4 Å². The van der Waals surface area contributed by atoms with Gasteiger partial charge in [-0.2, -0.15) is 0 Å². The molecule has 1 aromatic rings. The molecule has 0 saturated carbocycles. The van der Waals surface area contributed by atoms with Crippen molar-refractivity contribution in [3.8, 4) is 0 Å². The third kappa shape index (κ3) is 1.65. The van der Waals surface area contributed by atoms with Crippen LogP contribution in [0.15, 0.2) is 12.1 Å². The van der Waals surface area contributed by atoms with Crippen LogP contribution >= 0.6 is 0 Å². The molecule has 0 atom stereocenters. The maximum atomic E-state index is 12.9. The van der Waals surface area contributed by atoms with Crippen LogP contribution in [-0.4, -0.2) is 9.85 Å². The first-order valence-electron chi connectivity index (χ1n) is 3.52. The molecule has 0 heterocycles. The molecule has 0 saturated heterocycles. The van der Waals surface area contributed by atoms with Crippen LogP contribution in [0.4, 0.5) is 15.8 Å². The largest absolute Gasteiger partial charge is 0.348 e. The predicted molar refractivity (Wildman–Crippen MR) is 44.4 cm³/mol. The van der Waals surface area contributed by atoms with E-state index in [1.165, 1.54) is 6.92 Å². The predicted octanol–water partition coefficient (Wildman–Crippen LogP) is 1.95. The van der Waals surface area contributed by atoms with Gasteiger partial charge in [0.1, 0.15) is 5.82 Å². The minimum absolute atomic E-state index is 0.00213. The van der Waals surface area contributed by atoms with Gasteiger partial charge in [-0.1, -0.05) is 0 Å². The van der Waals surface area contributed by atoms with E-state index in [0.29, 0.717) is 6.07 Å². The molecule has 0 radical (unpaired) electrons. The van der Waals surface area contributed by atoms with Gasteiger partial charge in [0.15, 0.2) is 0 Å². The Hall–Kier alpha value is -2.05. The van der Waals surface area contributed by atoms with Gasteiger partial charge in [0.2, 0.25) is 0 Å². The highest BCUT2D eigenvalue weighted by atomic mass is 19.1. The second-order valence-electron chi connectivity index (χ2n) is 2.60. The highest BCUT2D eigenvalue weighted by molar-refractivity contribution is 5.54. The van der Waals surface area contributed by atoms with Crippen molar-refractivity contribution in [2.24, 2.45) is 0 Å². The monoisotopic (exact) mass is 200 g/mol. The fraction of sp³-hybridized carbons (Fsp3) is 0.143. The topological polar surface area (TPSA) is 86.3 Å². The molecule has 1 aromatic carbocycles. The Bertz CT molecular complexity index is 379. The number of nitrogens with zero attached hydrogens (tertiary/aromatic N) is 2. The molecule has 74 valence electrons. The number of hydrogen-bond acceptors (Lipinski definition) is 4. The fourth-order valence-corrected chi connectivity index (χ4v) is 0.948. The molecule has 6 nitrogen and oxygen atoms in total. The molecule has 0 aliphatic carbocycles. The molecule has 1 rings (SSSR count). The van der Waals surface area contributed by atoms with E-state index in [-0.39, 0.29) is 5.56 Å². The first-order valence-corrected chi connectivity index (χ1v) is 3.52. The smallest absolute Gasteiger partial charge is 0.258 e. The first-order chi connectivity index (χ1) is 6.43. The number of benzene rings is 1. The van der Waals surface area contributed by atoms with Crippen LogP contribution in [0, 0.1) is 33.0 Å². The van der Waals surface area contributed by atoms with E-state index in [4.69, 9.17) is 0 Å². The first kappa shape index (κ1) is 10.0. The van der Waals surface area contributed by atoms with Crippen molar-refractivity contribution in [1.82, 2.24) is 0 Å². The summed E-state index contributed by atoms with van der Waals surface area (Å²) in [6, 6.07) is 1.39. The van der Waals surface area contributed by atoms with Crippen molar-refractivity contribution in [3.63, 3.8) is 0 Å². The fourth-order valence-electron chi connectivity index (χ4n) is 0.948. The van der Waals surface area contributed by atoms with Crippen molar-refractivity contribution in [1.29, 1.82) is 0 Å². The summed E-state index contributed by atoms with van der Waals surface area (Å²) in [5.74, 6) is -0.831. The number of aryl methyl sites for hydroxylation is 1. The van der Waals surface area contributed by atoms with Gasteiger partial charge in [0.25, 0.3) is 0 Å². The van der Waals surface area contributed by atoms with Gasteiger partial charge >= 0.3 is 11.4 Å². The maximum absolute atomic E-state index is 12.9. The molecule has 7 heteroatoms. The van der Waals surface area contributed by atoms with Gasteiger partial charge in [0.05, 0.1) is 15.9 Å². The molecular weight excluding hydrogens is 195 g/mol. The molecule has 0 aliphatic heterocycles. The summed E-state index contributed by atoms with van der Waals surface area (Å²) < 4.78 is 12.9. The number of nitro benzene ring substituents is 2. The molecule has 0 amide bonds. The van der Waals surface area contributed by atoms with Gasteiger partial charge in [0, 0.05) is 6.07 Å². The SMILES string of the molecule is Cc1cc([N+](=O)[O-])c([N+](=O)[O-])cc1F. The van der Waals surface area contributed by atoms with Crippen LogP contribution in [0.2, 0.25) is 0 Å². The van der Waals surface area contributed by atoms with Gasteiger partial charge in [-0.05, 0) is 12.5 Å². The quantitative estimate of drug-likeness (QED) is 0.539. The minimum atomic E-state index is -0.985.